The van der Waals surface area contributed by atoms with Crippen molar-refractivity contribution in [3.8, 4) is 0 Å². The Hall–Kier alpha value is -1.47. The van der Waals surface area contributed by atoms with Gasteiger partial charge < -0.3 is 15.5 Å². The zero-order valence-electron chi connectivity index (χ0n) is 13.9. The van der Waals surface area contributed by atoms with Crippen molar-refractivity contribution in [2.45, 2.75) is 50.9 Å². The first-order valence-electron chi connectivity index (χ1n) is 9.04. The Morgan fingerprint density at radius 2 is 2.35 bits per heavy atom. The molecule has 126 valence electrons. The number of fused-ring (bicyclic) bond motifs is 3. The summed E-state index contributed by atoms with van der Waals surface area (Å²) in [5.41, 5.74) is 1.04. The Kier molecular flexibility index (Phi) is 4.07. The number of nitrogens with two attached hydrogens (primary N) is 1. The van der Waals surface area contributed by atoms with Gasteiger partial charge in [0, 0.05) is 18.9 Å². The van der Waals surface area contributed by atoms with Crippen molar-refractivity contribution in [1.29, 1.82) is 0 Å². The van der Waals surface area contributed by atoms with Gasteiger partial charge in [0.25, 0.3) is 0 Å². The fourth-order valence-electron chi connectivity index (χ4n) is 4.31. The van der Waals surface area contributed by atoms with Crippen LogP contribution in [0.1, 0.15) is 31.4 Å². The van der Waals surface area contributed by atoms with E-state index in [1.54, 1.807) is 4.90 Å². The van der Waals surface area contributed by atoms with E-state index < -0.39 is 0 Å². The highest BCUT2D eigenvalue weighted by Crippen LogP contribution is 2.29. The average Bonchev–Trinajstić information content (AvgIpc) is 3.27. The molecule has 4 aliphatic rings. The van der Waals surface area contributed by atoms with Crippen LogP contribution in [-0.2, 0) is 17.9 Å². The van der Waals surface area contributed by atoms with Crippen LogP contribution in [0.3, 0.4) is 0 Å². The maximum Gasteiger partial charge on any atom is 0.229 e. The van der Waals surface area contributed by atoms with Gasteiger partial charge in [0.1, 0.15) is 18.3 Å². The molecule has 3 aliphatic heterocycles. The molecule has 1 amide bonds. The van der Waals surface area contributed by atoms with E-state index in [9.17, 15) is 4.79 Å². The van der Waals surface area contributed by atoms with Crippen molar-refractivity contribution in [1.82, 2.24) is 20.3 Å². The molecule has 1 saturated carbocycles. The van der Waals surface area contributed by atoms with Crippen LogP contribution in [0.2, 0.25) is 0 Å². The Labute approximate surface area is 136 Å². The second-order valence-corrected chi connectivity index (χ2v) is 7.53. The van der Waals surface area contributed by atoms with Crippen molar-refractivity contribution >= 4 is 5.91 Å². The van der Waals surface area contributed by atoms with Crippen molar-refractivity contribution in [3.63, 3.8) is 0 Å². The number of hydrogen-bond acceptors (Lipinski definition) is 3. The van der Waals surface area contributed by atoms with Crippen LogP contribution in [0, 0.1) is 11.8 Å². The molecule has 3 saturated heterocycles. The van der Waals surface area contributed by atoms with E-state index in [1.807, 2.05) is 11.7 Å². The summed E-state index contributed by atoms with van der Waals surface area (Å²) in [6.45, 7) is 4.01. The average molecular weight is 320 g/mol. The maximum absolute atomic E-state index is 12.4. The summed E-state index contributed by atoms with van der Waals surface area (Å²) in [6, 6.07) is 1.06. The molecule has 7 heteroatoms. The predicted molar refractivity (Wildman–Crippen MR) is 83.4 cm³/mol. The highest BCUT2D eigenvalue weighted by atomic mass is 16.2. The van der Waals surface area contributed by atoms with E-state index in [2.05, 4.69) is 27.1 Å². The van der Waals surface area contributed by atoms with Gasteiger partial charge in [-0.15, -0.1) is 5.10 Å². The van der Waals surface area contributed by atoms with Crippen LogP contribution in [0.15, 0.2) is 6.20 Å². The quantitative estimate of drug-likeness (QED) is 0.544. The van der Waals surface area contributed by atoms with E-state index in [1.165, 1.54) is 25.8 Å². The van der Waals surface area contributed by atoms with Crippen molar-refractivity contribution in [3.05, 3.63) is 11.9 Å². The molecule has 4 heterocycles. The van der Waals surface area contributed by atoms with Crippen LogP contribution in [-0.4, -0.2) is 53.1 Å². The molecule has 0 radical (unpaired) electrons. The molecule has 0 spiro atoms. The minimum absolute atomic E-state index is 0.233. The van der Waals surface area contributed by atoms with Crippen LogP contribution in [0.4, 0.5) is 0 Å². The molecule has 4 N–H and O–H groups in total. The van der Waals surface area contributed by atoms with Gasteiger partial charge in [-0.2, -0.15) is 0 Å². The maximum atomic E-state index is 12.4. The number of hydrogen-bond donors (Lipinski definition) is 3. The second-order valence-electron chi connectivity index (χ2n) is 7.53. The molecular formula is C16H28N6O+2. The first-order valence-corrected chi connectivity index (χ1v) is 9.04. The molecule has 5 rings (SSSR count). The molecule has 4 fully saturated rings. The van der Waals surface area contributed by atoms with Crippen molar-refractivity contribution in [2.75, 3.05) is 20.1 Å². The Morgan fingerprint density at radius 3 is 3.04 bits per heavy atom. The highest BCUT2D eigenvalue weighted by Gasteiger charge is 2.47. The van der Waals surface area contributed by atoms with Gasteiger partial charge in [-0.3, -0.25) is 4.79 Å². The van der Waals surface area contributed by atoms with E-state index in [0.29, 0.717) is 23.9 Å². The number of aromatic nitrogens is 3. The van der Waals surface area contributed by atoms with Crippen LogP contribution < -0.4 is 15.5 Å². The van der Waals surface area contributed by atoms with Gasteiger partial charge in [0.15, 0.2) is 0 Å². The smallest absolute Gasteiger partial charge is 0.229 e. The van der Waals surface area contributed by atoms with E-state index in [0.717, 1.165) is 31.7 Å². The highest BCUT2D eigenvalue weighted by molar-refractivity contribution is 5.79. The first kappa shape index (κ1) is 15.1. The lowest BCUT2D eigenvalue weighted by Gasteiger charge is -2.46. The summed E-state index contributed by atoms with van der Waals surface area (Å²) < 4.78 is 2.00. The molecule has 1 aromatic rings. The lowest BCUT2D eigenvalue weighted by molar-refractivity contribution is -0.945. The number of carbonyl (C=O) groups excluding carboxylic acids is 1. The first-order chi connectivity index (χ1) is 11.2. The summed E-state index contributed by atoms with van der Waals surface area (Å²) in [4.78, 5) is 14.0. The predicted octanol–water partition coefficient (Wildman–Crippen LogP) is -2.46. The number of nitrogens with one attached hydrogen (secondary N) is 2. The standard InChI is InChI=1S/C16H26N6O/c1-17-7-13-8-22(20-19-13)9-14-6-11-4-5-21(14)10-15(11)16(23)18-12-2-3-12/h8,11-12,14-15,17H,2-7,9-10H2,1H3,(H,18,23)/p+2/t11-,14+,15-/m0/s1. The number of amides is 1. The molecule has 0 aromatic carbocycles. The monoisotopic (exact) mass is 320 g/mol. The molecule has 23 heavy (non-hydrogen) atoms. The fraction of sp³-hybridized carbons (Fsp3) is 0.812. The third kappa shape index (κ3) is 3.26. The van der Waals surface area contributed by atoms with E-state index >= 15 is 0 Å². The molecule has 2 bridgehead atoms. The van der Waals surface area contributed by atoms with Gasteiger partial charge >= 0.3 is 0 Å². The van der Waals surface area contributed by atoms with Crippen LogP contribution >= 0.6 is 0 Å². The van der Waals surface area contributed by atoms with Crippen molar-refractivity contribution < 1.29 is 15.0 Å². The largest absolute Gasteiger partial charge is 0.353 e. The fourth-order valence-corrected chi connectivity index (χ4v) is 4.31. The van der Waals surface area contributed by atoms with Crippen LogP contribution in [0.25, 0.3) is 0 Å². The van der Waals surface area contributed by atoms with E-state index in [-0.39, 0.29) is 5.92 Å². The number of carbonyl (C=O) groups is 1. The SMILES string of the molecule is C[NH2+]Cc1cn(C[C@H]2C[C@@H]3CC[NH+]2C[C@@H]3C(=O)NC2CC2)nn1. The third-order valence-electron chi connectivity index (χ3n) is 5.72. The Morgan fingerprint density at radius 1 is 1.48 bits per heavy atom. The Bertz CT molecular complexity index is 569. The number of quaternary nitrogens is 2. The summed E-state index contributed by atoms with van der Waals surface area (Å²) >= 11 is 0. The molecular weight excluding hydrogens is 292 g/mol. The molecule has 1 unspecified atom stereocenters. The van der Waals surface area contributed by atoms with Crippen LogP contribution in [0.5, 0.6) is 0 Å². The van der Waals surface area contributed by atoms with Gasteiger partial charge in [-0.05, 0) is 18.8 Å². The molecule has 1 aromatic heterocycles. The van der Waals surface area contributed by atoms with Gasteiger partial charge in [0.05, 0.1) is 38.8 Å². The van der Waals surface area contributed by atoms with Crippen molar-refractivity contribution in [2.24, 2.45) is 11.8 Å². The number of rotatable bonds is 6. The van der Waals surface area contributed by atoms with Gasteiger partial charge in [0.2, 0.25) is 5.91 Å². The Balaban J connectivity index is 1.36. The summed E-state index contributed by atoms with van der Waals surface area (Å²) in [5.74, 6) is 1.11. The lowest BCUT2D eigenvalue weighted by atomic mass is 9.75. The van der Waals surface area contributed by atoms with Gasteiger partial charge in [-0.25, -0.2) is 4.68 Å². The molecule has 4 atom stereocenters. The zero-order valence-corrected chi connectivity index (χ0v) is 13.9. The number of piperidine rings is 3. The zero-order chi connectivity index (χ0) is 15.8. The summed E-state index contributed by atoms with van der Waals surface area (Å²) in [6.07, 6.45) is 6.76. The summed E-state index contributed by atoms with van der Waals surface area (Å²) in [5, 5.41) is 13.8. The minimum atomic E-state index is 0.233. The topological polar surface area (TPSA) is 80.9 Å². The van der Waals surface area contributed by atoms with Gasteiger partial charge in [-0.1, -0.05) is 5.21 Å². The number of nitrogens with zero attached hydrogens (tertiary/aromatic N) is 3. The third-order valence-corrected chi connectivity index (χ3v) is 5.72. The lowest BCUT2D eigenvalue weighted by Crippen LogP contribution is -3.20. The van der Waals surface area contributed by atoms with E-state index in [4.69, 9.17) is 0 Å². The molecule has 1 aliphatic carbocycles. The summed E-state index contributed by atoms with van der Waals surface area (Å²) in [7, 11) is 2.04. The minimum Gasteiger partial charge on any atom is -0.353 e. The second kappa shape index (κ2) is 6.20. The normalized spacial score (nSPS) is 32.9. The molecule has 7 nitrogen and oxygen atoms in total.